The first-order valence-electron chi connectivity index (χ1n) is 10.3. The lowest BCUT2D eigenvalue weighted by molar-refractivity contribution is -0.135. The Balaban J connectivity index is 0.00000128. The number of benzene rings is 1. The maximum atomic E-state index is 12.9. The van der Waals surface area contributed by atoms with E-state index in [1.54, 1.807) is 4.68 Å². The van der Waals surface area contributed by atoms with E-state index in [4.69, 9.17) is 0 Å². The van der Waals surface area contributed by atoms with Gasteiger partial charge in [-0.3, -0.25) is 9.69 Å². The summed E-state index contributed by atoms with van der Waals surface area (Å²) in [7, 11) is 0. The number of amides is 1. The number of carbonyl (C=O) groups excluding carboxylic acids is 1. The summed E-state index contributed by atoms with van der Waals surface area (Å²) in [5.74, 6) is 1.49. The second-order valence-electron chi connectivity index (χ2n) is 8.31. The molecule has 3 aliphatic rings. The van der Waals surface area contributed by atoms with Crippen molar-refractivity contribution in [2.75, 3.05) is 39.3 Å². The molecular formula is C20H29Cl2N7O. The average molecular weight is 454 g/mol. The highest BCUT2D eigenvalue weighted by Gasteiger charge is 2.58. The average Bonchev–Trinajstić information content (AvgIpc) is 3.22. The van der Waals surface area contributed by atoms with Crippen LogP contribution in [0.2, 0.25) is 0 Å². The fourth-order valence-corrected chi connectivity index (χ4v) is 4.79. The largest absolute Gasteiger partial charge is 0.340 e. The molecule has 1 N–H and O–H groups in total. The molecule has 1 amide bonds. The van der Waals surface area contributed by atoms with Gasteiger partial charge in [0.05, 0.1) is 12.2 Å². The third-order valence-corrected chi connectivity index (χ3v) is 6.67. The molecule has 2 aromatic rings. The number of tetrazole rings is 1. The van der Waals surface area contributed by atoms with Crippen LogP contribution in [0.15, 0.2) is 30.3 Å². The van der Waals surface area contributed by atoms with Gasteiger partial charge in [0.25, 0.3) is 0 Å². The summed E-state index contributed by atoms with van der Waals surface area (Å²) < 4.78 is 1.79. The summed E-state index contributed by atoms with van der Waals surface area (Å²) in [6.45, 7) is 6.17. The van der Waals surface area contributed by atoms with Crippen LogP contribution >= 0.6 is 24.8 Å². The van der Waals surface area contributed by atoms with Gasteiger partial charge in [-0.05, 0) is 60.3 Å². The van der Waals surface area contributed by atoms with Crippen LogP contribution in [0.1, 0.15) is 25.1 Å². The number of hydrogen-bond donors (Lipinski definition) is 1. The molecule has 3 heterocycles. The Kier molecular flexibility index (Phi) is 7.34. The molecule has 1 aromatic carbocycles. The highest BCUT2D eigenvalue weighted by molar-refractivity contribution is 5.85. The van der Waals surface area contributed by atoms with Crippen LogP contribution in [-0.2, 0) is 11.3 Å². The molecule has 30 heavy (non-hydrogen) atoms. The van der Waals surface area contributed by atoms with Gasteiger partial charge in [-0.15, -0.1) is 29.9 Å². The zero-order chi connectivity index (χ0) is 19.0. The van der Waals surface area contributed by atoms with Gasteiger partial charge >= 0.3 is 0 Å². The minimum absolute atomic E-state index is 0. The first kappa shape index (κ1) is 22.9. The van der Waals surface area contributed by atoms with Gasteiger partial charge in [-0.2, -0.15) is 4.68 Å². The lowest BCUT2D eigenvalue weighted by Crippen LogP contribution is -2.49. The van der Waals surface area contributed by atoms with Gasteiger partial charge < -0.3 is 10.2 Å². The summed E-state index contributed by atoms with van der Waals surface area (Å²) in [6.07, 6.45) is 3.41. The van der Waals surface area contributed by atoms with Crippen LogP contribution < -0.4 is 5.32 Å². The quantitative estimate of drug-likeness (QED) is 0.755. The van der Waals surface area contributed by atoms with E-state index in [9.17, 15) is 4.79 Å². The molecule has 0 radical (unpaired) electrons. The van der Waals surface area contributed by atoms with E-state index >= 15 is 0 Å². The van der Waals surface area contributed by atoms with Gasteiger partial charge in [-0.1, -0.05) is 18.2 Å². The van der Waals surface area contributed by atoms with Crippen molar-refractivity contribution in [3.8, 4) is 5.69 Å². The summed E-state index contributed by atoms with van der Waals surface area (Å²) in [5, 5.41) is 15.6. The van der Waals surface area contributed by atoms with Crippen molar-refractivity contribution in [3.63, 3.8) is 0 Å². The van der Waals surface area contributed by atoms with Gasteiger partial charge in [0.1, 0.15) is 0 Å². The summed E-state index contributed by atoms with van der Waals surface area (Å²) >= 11 is 0. The second-order valence-corrected chi connectivity index (χ2v) is 8.31. The van der Waals surface area contributed by atoms with Crippen LogP contribution in [0.3, 0.4) is 0 Å². The van der Waals surface area contributed by atoms with E-state index in [1.807, 2.05) is 30.3 Å². The molecule has 1 unspecified atom stereocenters. The lowest BCUT2D eigenvalue weighted by atomic mass is 9.91. The molecule has 8 nitrogen and oxygen atoms in total. The fraction of sp³-hybridized carbons (Fsp3) is 0.600. The highest BCUT2D eigenvalue weighted by atomic mass is 35.5. The Morgan fingerprint density at radius 2 is 1.77 bits per heavy atom. The summed E-state index contributed by atoms with van der Waals surface area (Å²) in [5.41, 5.74) is 1.29. The second kappa shape index (κ2) is 9.60. The normalized spacial score (nSPS) is 22.8. The molecule has 164 valence electrons. The third-order valence-electron chi connectivity index (χ3n) is 6.67. The molecule has 1 aliphatic carbocycles. The first-order valence-corrected chi connectivity index (χ1v) is 10.3. The number of aromatic nitrogens is 4. The number of para-hydroxylation sites is 1. The summed E-state index contributed by atoms with van der Waals surface area (Å²) in [6, 6.07) is 9.96. The van der Waals surface area contributed by atoms with E-state index in [0.717, 1.165) is 70.0 Å². The number of nitrogens with zero attached hydrogens (tertiary/aromatic N) is 6. The molecular weight excluding hydrogens is 425 g/mol. The summed E-state index contributed by atoms with van der Waals surface area (Å²) in [4.78, 5) is 17.4. The first-order chi connectivity index (χ1) is 13.8. The SMILES string of the molecule is Cl.Cl.O=C(C1CC12CCNCC2)N1CCN(Cc2nnnn2-c2ccccc2)CC1. The van der Waals surface area contributed by atoms with Crippen molar-refractivity contribution in [1.82, 2.24) is 35.3 Å². The van der Waals surface area contributed by atoms with Gasteiger partial charge in [0.15, 0.2) is 5.82 Å². The lowest BCUT2D eigenvalue weighted by Gasteiger charge is -2.35. The molecule has 5 rings (SSSR count). The maximum absolute atomic E-state index is 12.9. The van der Waals surface area contributed by atoms with Crippen molar-refractivity contribution in [2.24, 2.45) is 11.3 Å². The van der Waals surface area contributed by atoms with Crippen molar-refractivity contribution in [1.29, 1.82) is 0 Å². The van der Waals surface area contributed by atoms with E-state index in [1.165, 1.54) is 0 Å². The molecule has 2 aliphatic heterocycles. The number of carbonyl (C=O) groups is 1. The Morgan fingerprint density at radius 3 is 2.47 bits per heavy atom. The van der Waals surface area contributed by atoms with Gasteiger partial charge in [0.2, 0.25) is 5.91 Å². The standard InChI is InChI=1S/C20H27N7O.2ClH/c28-19(17-14-20(17)6-8-21-9-7-20)26-12-10-25(11-13-26)15-18-22-23-24-27(18)16-4-2-1-3-5-16;;/h1-5,17,21H,6-15H2;2*1H. The third kappa shape index (κ3) is 4.46. The number of nitrogens with one attached hydrogen (secondary N) is 1. The van der Waals surface area contributed by atoms with Crippen LogP contribution in [0, 0.1) is 11.3 Å². The van der Waals surface area contributed by atoms with Crippen molar-refractivity contribution in [3.05, 3.63) is 36.2 Å². The van der Waals surface area contributed by atoms with E-state index in [2.05, 4.69) is 30.6 Å². The fourth-order valence-electron chi connectivity index (χ4n) is 4.79. The molecule has 2 saturated heterocycles. The number of hydrogen-bond acceptors (Lipinski definition) is 6. The molecule has 1 aromatic heterocycles. The van der Waals surface area contributed by atoms with E-state index in [0.29, 0.717) is 17.9 Å². The Bertz CT molecular complexity index is 833. The highest BCUT2D eigenvalue weighted by Crippen LogP contribution is 2.59. The number of piperidine rings is 1. The topological polar surface area (TPSA) is 79.2 Å². The van der Waals surface area contributed by atoms with Gasteiger partial charge in [0, 0.05) is 32.1 Å². The molecule has 0 bridgehead atoms. The Labute approximate surface area is 189 Å². The van der Waals surface area contributed by atoms with Crippen molar-refractivity contribution in [2.45, 2.75) is 25.8 Å². The zero-order valence-corrected chi connectivity index (χ0v) is 18.6. The molecule has 1 saturated carbocycles. The van der Waals surface area contributed by atoms with Crippen molar-refractivity contribution >= 4 is 30.7 Å². The maximum Gasteiger partial charge on any atom is 0.226 e. The van der Waals surface area contributed by atoms with Crippen molar-refractivity contribution < 1.29 is 4.79 Å². The minimum atomic E-state index is 0. The predicted molar refractivity (Wildman–Crippen MR) is 118 cm³/mol. The van der Waals surface area contributed by atoms with Crippen LogP contribution in [0.5, 0.6) is 0 Å². The number of piperazine rings is 1. The Morgan fingerprint density at radius 1 is 1.07 bits per heavy atom. The predicted octanol–water partition coefficient (Wildman–Crippen LogP) is 1.54. The molecule has 10 heteroatoms. The van der Waals surface area contributed by atoms with Crippen LogP contribution in [0.25, 0.3) is 5.69 Å². The van der Waals surface area contributed by atoms with Crippen LogP contribution in [0.4, 0.5) is 0 Å². The zero-order valence-electron chi connectivity index (χ0n) is 16.9. The Hall–Kier alpha value is -1.74. The number of halogens is 2. The van der Waals surface area contributed by atoms with E-state index < -0.39 is 0 Å². The molecule has 1 atom stereocenters. The van der Waals surface area contributed by atoms with E-state index in [-0.39, 0.29) is 30.7 Å². The smallest absolute Gasteiger partial charge is 0.226 e. The van der Waals surface area contributed by atoms with Crippen LogP contribution in [-0.4, -0.2) is 75.2 Å². The number of rotatable bonds is 4. The molecule has 1 spiro atoms. The van der Waals surface area contributed by atoms with Gasteiger partial charge in [-0.25, -0.2) is 0 Å². The molecule has 3 fully saturated rings. The monoisotopic (exact) mass is 453 g/mol. The minimum Gasteiger partial charge on any atom is -0.340 e.